The molecular weight excluding hydrogens is 280 g/mol. The zero-order chi connectivity index (χ0) is 14.7. The summed E-state index contributed by atoms with van der Waals surface area (Å²) in [5.74, 6) is 0.841. The van der Waals surface area contributed by atoms with Crippen molar-refractivity contribution in [1.29, 1.82) is 0 Å². The average Bonchev–Trinajstić information content (AvgIpc) is 2.85. The maximum Gasteiger partial charge on any atom is 0.119 e. The van der Waals surface area contributed by atoms with Crippen molar-refractivity contribution in [3.8, 4) is 17.0 Å². The number of thiazole rings is 1. The summed E-state index contributed by atoms with van der Waals surface area (Å²) in [7, 11) is 0. The summed E-state index contributed by atoms with van der Waals surface area (Å²) in [6.45, 7) is 2.53. The van der Waals surface area contributed by atoms with E-state index in [9.17, 15) is 0 Å². The molecule has 1 heterocycles. The Morgan fingerprint density at radius 3 is 2.38 bits per heavy atom. The summed E-state index contributed by atoms with van der Waals surface area (Å²) in [6, 6.07) is 18.0. The first-order chi connectivity index (χ1) is 10.2. The van der Waals surface area contributed by atoms with Crippen LogP contribution in [0.25, 0.3) is 11.3 Å². The first-order valence-corrected chi connectivity index (χ1v) is 7.54. The molecule has 0 unspecified atom stereocenters. The molecule has 106 valence electrons. The zero-order valence-electron chi connectivity index (χ0n) is 11.7. The van der Waals surface area contributed by atoms with Gasteiger partial charge in [-0.2, -0.15) is 0 Å². The second-order valence-electron chi connectivity index (χ2n) is 4.74. The van der Waals surface area contributed by atoms with Crippen LogP contribution in [-0.2, 0) is 6.61 Å². The lowest BCUT2D eigenvalue weighted by Crippen LogP contribution is -1.94. The molecule has 21 heavy (non-hydrogen) atoms. The first kappa shape index (κ1) is 13.6. The summed E-state index contributed by atoms with van der Waals surface area (Å²) in [5, 5.41) is 1.73. The van der Waals surface area contributed by atoms with Crippen LogP contribution < -0.4 is 10.5 Å². The Hall–Kier alpha value is -2.33. The molecule has 0 spiro atoms. The zero-order valence-corrected chi connectivity index (χ0v) is 12.6. The van der Waals surface area contributed by atoms with Crippen molar-refractivity contribution >= 4 is 16.3 Å². The van der Waals surface area contributed by atoms with Crippen molar-refractivity contribution in [2.75, 3.05) is 5.73 Å². The second-order valence-corrected chi connectivity index (χ2v) is 5.98. The van der Waals surface area contributed by atoms with Gasteiger partial charge in [-0.15, -0.1) is 11.3 Å². The number of anilines is 1. The highest BCUT2D eigenvalue weighted by atomic mass is 32.1. The van der Waals surface area contributed by atoms with Crippen LogP contribution in [0.4, 0.5) is 5.00 Å². The number of hydrogen-bond acceptors (Lipinski definition) is 4. The van der Waals surface area contributed by atoms with Crippen LogP contribution in [0.2, 0.25) is 0 Å². The van der Waals surface area contributed by atoms with Crippen molar-refractivity contribution in [2.24, 2.45) is 0 Å². The largest absolute Gasteiger partial charge is 0.489 e. The summed E-state index contributed by atoms with van der Waals surface area (Å²) < 4.78 is 5.77. The van der Waals surface area contributed by atoms with E-state index in [-0.39, 0.29) is 0 Å². The lowest BCUT2D eigenvalue weighted by atomic mass is 10.1. The summed E-state index contributed by atoms with van der Waals surface area (Å²) >= 11 is 1.51. The van der Waals surface area contributed by atoms with Gasteiger partial charge < -0.3 is 10.5 Å². The standard InChI is InChI=1S/C17H16N2OS/c1-12-19-16(17(18)21-12)14-7-9-15(10-8-14)20-11-13-5-3-2-4-6-13/h2-10H,11,18H2,1H3. The van der Waals surface area contributed by atoms with Crippen LogP contribution in [0.3, 0.4) is 0 Å². The summed E-state index contributed by atoms with van der Waals surface area (Å²) in [5.41, 5.74) is 9.00. The minimum absolute atomic E-state index is 0.568. The predicted octanol–water partition coefficient (Wildman–Crippen LogP) is 4.28. The Morgan fingerprint density at radius 1 is 1.05 bits per heavy atom. The molecule has 3 aromatic rings. The van der Waals surface area contributed by atoms with E-state index in [1.165, 1.54) is 11.3 Å². The fourth-order valence-corrected chi connectivity index (χ4v) is 2.81. The van der Waals surface area contributed by atoms with Crippen molar-refractivity contribution < 1.29 is 4.74 Å². The average molecular weight is 296 g/mol. The Balaban J connectivity index is 1.71. The minimum atomic E-state index is 0.568. The molecule has 0 atom stereocenters. The molecule has 0 aliphatic carbocycles. The van der Waals surface area contributed by atoms with E-state index in [1.807, 2.05) is 61.5 Å². The molecule has 3 rings (SSSR count). The second kappa shape index (κ2) is 5.97. The molecule has 2 N–H and O–H groups in total. The predicted molar refractivity (Wildman–Crippen MR) is 87.5 cm³/mol. The Labute approximate surface area is 128 Å². The SMILES string of the molecule is Cc1nc(-c2ccc(OCc3ccccc3)cc2)c(N)s1. The van der Waals surface area contributed by atoms with Crippen LogP contribution in [0, 0.1) is 6.92 Å². The number of nitrogens with zero attached hydrogens (tertiary/aromatic N) is 1. The number of aryl methyl sites for hydroxylation is 1. The highest BCUT2D eigenvalue weighted by Crippen LogP contribution is 2.31. The molecule has 0 fully saturated rings. The summed E-state index contributed by atoms with van der Waals surface area (Å²) in [6.07, 6.45) is 0. The molecule has 0 saturated heterocycles. The van der Waals surface area contributed by atoms with Gasteiger partial charge in [0, 0.05) is 5.56 Å². The molecule has 1 aromatic heterocycles. The number of nitrogen functional groups attached to an aromatic ring is 1. The van der Waals surface area contributed by atoms with E-state index in [2.05, 4.69) is 4.98 Å². The van der Waals surface area contributed by atoms with Crippen molar-refractivity contribution in [3.05, 3.63) is 65.2 Å². The van der Waals surface area contributed by atoms with Gasteiger partial charge in [0.15, 0.2) is 0 Å². The molecule has 0 aliphatic heterocycles. The summed E-state index contributed by atoms with van der Waals surface area (Å²) in [4.78, 5) is 4.46. The molecule has 0 radical (unpaired) electrons. The number of benzene rings is 2. The molecule has 2 aromatic carbocycles. The number of ether oxygens (including phenoxy) is 1. The molecule has 0 bridgehead atoms. The topological polar surface area (TPSA) is 48.1 Å². The third kappa shape index (κ3) is 3.23. The van der Waals surface area contributed by atoms with E-state index >= 15 is 0 Å². The molecule has 3 nitrogen and oxygen atoms in total. The van der Waals surface area contributed by atoms with Crippen LogP contribution in [-0.4, -0.2) is 4.98 Å². The van der Waals surface area contributed by atoms with Gasteiger partial charge in [-0.05, 0) is 36.8 Å². The van der Waals surface area contributed by atoms with E-state index in [0.29, 0.717) is 6.61 Å². The van der Waals surface area contributed by atoms with E-state index in [1.54, 1.807) is 0 Å². The highest BCUT2D eigenvalue weighted by molar-refractivity contribution is 7.16. The van der Waals surface area contributed by atoms with Crippen molar-refractivity contribution in [3.63, 3.8) is 0 Å². The van der Waals surface area contributed by atoms with Gasteiger partial charge in [0.25, 0.3) is 0 Å². The molecule has 0 saturated carbocycles. The number of nitrogens with two attached hydrogens (primary N) is 1. The van der Waals surface area contributed by atoms with Crippen LogP contribution in [0.15, 0.2) is 54.6 Å². The van der Waals surface area contributed by atoms with Gasteiger partial charge in [0.1, 0.15) is 23.1 Å². The molecular formula is C17H16N2OS. The normalized spacial score (nSPS) is 10.5. The van der Waals surface area contributed by atoms with E-state index in [4.69, 9.17) is 10.5 Å². The third-order valence-corrected chi connectivity index (χ3v) is 3.94. The lowest BCUT2D eigenvalue weighted by Gasteiger charge is -2.07. The molecule has 4 heteroatoms. The van der Waals surface area contributed by atoms with Crippen LogP contribution in [0.5, 0.6) is 5.75 Å². The monoisotopic (exact) mass is 296 g/mol. The third-order valence-electron chi connectivity index (χ3n) is 3.14. The molecule has 0 amide bonds. The van der Waals surface area contributed by atoms with Gasteiger partial charge in [0.05, 0.1) is 5.01 Å². The van der Waals surface area contributed by atoms with Crippen LogP contribution >= 0.6 is 11.3 Å². The van der Waals surface area contributed by atoms with E-state index < -0.39 is 0 Å². The highest BCUT2D eigenvalue weighted by Gasteiger charge is 2.08. The Morgan fingerprint density at radius 2 is 1.76 bits per heavy atom. The van der Waals surface area contributed by atoms with Crippen molar-refractivity contribution in [2.45, 2.75) is 13.5 Å². The maximum atomic E-state index is 5.97. The van der Waals surface area contributed by atoms with E-state index in [0.717, 1.165) is 32.6 Å². The fourth-order valence-electron chi connectivity index (χ4n) is 2.10. The van der Waals surface area contributed by atoms with Crippen molar-refractivity contribution in [1.82, 2.24) is 4.98 Å². The quantitative estimate of drug-likeness (QED) is 0.781. The maximum absolute atomic E-state index is 5.97. The van der Waals surface area contributed by atoms with Gasteiger partial charge in [0.2, 0.25) is 0 Å². The minimum Gasteiger partial charge on any atom is -0.489 e. The molecule has 0 aliphatic rings. The van der Waals surface area contributed by atoms with Gasteiger partial charge in [-0.1, -0.05) is 30.3 Å². The number of hydrogen-bond donors (Lipinski definition) is 1. The van der Waals surface area contributed by atoms with Gasteiger partial charge in [-0.3, -0.25) is 0 Å². The fraction of sp³-hybridized carbons (Fsp3) is 0.118. The number of aromatic nitrogens is 1. The first-order valence-electron chi connectivity index (χ1n) is 6.72. The number of rotatable bonds is 4. The Bertz CT molecular complexity index is 720. The van der Waals surface area contributed by atoms with Crippen LogP contribution in [0.1, 0.15) is 10.6 Å². The lowest BCUT2D eigenvalue weighted by molar-refractivity contribution is 0.306. The smallest absolute Gasteiger partial charge is 0.119 e. The van der Waals surface area contributed by atoms with Gasteiger partial charge >= 0.3 is 0 Å². The van der Waals surface area contributed by atoms with Gasteiger partial charge in [-0.25, -0.2) is 4.98 Å². The Kier molecular flexibility index (Phi) is 3.88.